The molecule has 2 rings (SSSR count). The van der Waals surface area contributed by atoms with Crippen LogP contribution in [-0.2, 0) is 4.79 Å². The number of carbonyl (C=O) groups excluding carboxylic acids is 2. The summed E-state index contributed by atoms with van der Waals surface area (Å²) in [6.45, 7) is 3.84. The zero-order valence-electron chi connectivity index (χ0n) is 13.3. The predicted octanol–water partition coefficient (Wildman–Crippen LogP) is 1.98. The van der Waals surface area contributed by atoms with E-state index in [0.29, 0.717) is 17.2 Å². The molecular formula is C15H19N3O4S. The maximum absolute atomic E-state index is 12.6. The number of carbonyl (C=O) groups is 2. The molecule has 0 spiro atoms. The maximum Gasteiger partial charge on any atom is 0.269 e. The van der Waals surface area contributed by atoms with Gasteiger partial charge in [-0.3, -0.25) is 19.7 Å². The molecule has 0 N–H and O–H groups in total. The molecule has 0 saturated carbocycles. The Balaban J connectivity index is 2.17. The molecule has 0 aliphatic carbocycles. The second-order valence-electron chi connectivity index (χ2n) is 5.64. The molecule has 1 heterocycles. The van der Waals surface area contributed by atoms with E-state index in [1.807, 2.05) is 13.8 Å². The maximum atomic E-state index is 12.6. The van der Waals surface area contributed by atoms with E-state index in [2.05, 4.69) is 0 Å². The number of thioether (sulfide) groups is 1. The second kappa shape index (κ2) is 6.99. The fourth-order valence-corrected chi connectivity index (χ4v) is 3.37. The molecule has 1 unspecified atom stereocenters. The predicted molar refractivity (Wildman–Crippen MR) is 88.3 cm³/mol. The van der Waals surface area contributed by atoms with Crippen LogP contribution in [0.5, 0.6) is 0 Å². The molecule has 1 fully saturated rings. The standard InChI is InChI=1S/C15H19N3O4S/c1-10(2)16(3)15(20)13-8-23-9-17(13)14(19)11-4-6-12(7-5-11)18(21)22/h4-7,10,13H,8-9H2,1-3H3. The van der Waals surface area contributed by atoms with Crippen LogP contribution in [0.3, 0.4) is 0 Å². The third-order valence-electron chi connectivity index (χ3n) is 3.88. The van der Waals surface area contributed by atoms with Crippen molar-refractivity contribution in [1.82, 2.24) is 9.80 Å². The number of rotatable bonds is 4. The fourth-order valence-electron chi connectivity index (χ4n) is 2.23. The molecule has 1 aromatic rings. The van der Waals surface area contributed by atoms with Crippen molar-refractivity contribution in [1.29, 1.82) is 0 Å². The number of nitrogens with zero attached hydrogens (tertiary/aromatic N) is 3. The average Bonchev–Trinajstić information content (AvgIpc) is 3.02. The zero-order valence-corrected chi connectivity index (χ0v) is 14.1. The van der Waals surface area contributed by atoms with Crippen LogP contribution in [-0.4, -0.2) is 57.3 Å². The van der Waals surface area contributed by atoms with Gasteiger partial charge in [0.2, 0.25) is 5.91 Å². The number of non-ortho nitro benzene ring substituents is 1. The van der Waals surface area contributed by atoms with E-state index >= 15 is 0 Å². The first-order valence-electron chi connectivity index (χ1n) is 7.22. The summed E-state index contributed by atoms with van der Waals surface area (Å²) in [6, 6.07) is 5.02. The highest BCUT2D eigenvalue weighted by Gasteiger charge is 2.37. The van der Waals surface area contributed by atoms with Crippen molar-refractivity contribution in [2.75, 3.05) is 18.7 Å². The Morgan fingerprint density at radius 1 is 1.35 bits per heavy atom. The molecule has 1 aliphatic rings. The van der Waals surface area contributed by atoms with Crippen molar-refractivity contribution in [2.45, 2.75) is 25.9 Å². The number of nitro groups is 1. The Morgan fingerprint density at radius 3 is 2.48 bits per heavy atom. The molecule has 0 radical (unpaired) electrons. The van der Waals surface area contributed by atoms with Gasteiger partial charge in [-0.15, -0.1) is 11.8 Å². The Labute approximate surface area is 138 Å². The molecule has 0 aromatic heterocycles. The van der Waals surface area contributed by atoms with Crippen LogP contribution in [0.1, 0.15) is 24.2 Å². The van der Waals surface area contributed by atoms with Gasteiger partial charge in [-0.2, -0.15) is 0 Å². The number of hydrogen-bond acceptors (Lipinski definition) is 5. The number of likely N-dealkylation sites (N-methyl/N-ethyl adjacent to an activating group) is 1. The van der Waals surface area contributed by atoms with E-state index in [1.54, 1.807) is 11.9 Å². The third-order valence-corrected chi connectivity index (χ3v) is 4.89. The molecule has 1 aliphatic heterocycles. The van der Waals surface area contributed by atoms with Crippen molar-refractivity contribution in [3.63, 3.8) is 0 Å². The van der Waals surface area contributed by atoms with E-state index in [9.17, 15) is 19.7 Å². The molecule has 1 aromatic carbocycles. The van der Waals surface area contributed by atoms with Gasteiger partial charge in [-0.1, -0.05) is 0 Å². The molecule has 1 saturated heterocycles. The van der Waals surface area contributed by atoms with E-state index < -0.39 is 11.0 Å². The van der Waals surface area contributed by atoms with Crippen molar-refractivity contribution >= 4 is 29.3 Å². The van der Waals surface area contributed by atoms with Crippen LogP contribution >= 0.6 is 11.8 Å². The minimum absolute atomic E-state index is 0.0597. The fraction of sp³-hybridized carbons (Fsp3) is 0.467. The Morgan fingerprint density at radius 2 is 1.96 bits per heavy atom. The van der Waals surface area contributed by atoms with Crippen molar-refractivity contribution in [3.05, 3.63) is 39.9 Å². The summed E-state index contributed by atoms with van der Waals surface area (Å²) in [5, 5.41) is 10.7. The van der Waals surface area contributed by atoms with Gasteiger partial charge in [0, 0.05) is 36.5 Å². The number of nitro benzene ring substituents is 1. The molecule has 2 amide bonds. The molecule has 8 heteroatoms. The normalized spacial score (nSPS) is 17.4. The van der Waals surface area contributed by atoms with Gasteiger partial charge in [0.25, 0.3) is 11.6 Å². The van der Waals surface area contributed by atoms with Crippen LogP contribution in [0.25, 0.3) is 0 Å². The molecule has 1 atom stereocenters. The third kappa shape index (κ3) is 3.64. The topological polar surface area (TPSA) is 83.8 Å². The Bertz CT molecular complexity index is 618. The summed E-state index contributed by atoms with van der Waals surface area (Å²) in [7, 11) is 1.73. The first-order chi connectivity index (χ1) is 10.8. The molecular weight excluding hydrogens is 318 g/mol. The number of amides is 2. The van der Waals surface area contributed by atoms with Crippen molar-refractivity contribution < 1.29 is 14.5 Å². The molecule has 124 valence electrons. The summed E-state index contributed by atoms with van der Waals surface area (Å²) >= 11 is 1.53. The Hall–Kier alpha value is -2.09. The van der Waals surface area contributed by atoms with Gasteiger partial charge < -0.3 is 9.80 Å². The summed E-state index contributed by atoms with van der Waals surface area (Å²) in [6.07, 6.45) is 0. The van der Waals surface area contributed by atoms with Crippen LogP contribution in [0.4, 0.5) is 5.69 Å². The smallest absolute Gasteiger partial charge is 0.269 e. The van der Waals surface area contributed by atoms with Gasteiger partial charge in [0.05, 0.1) is 10.8 Å². The Kier molecular flexibility index (Phi) is 5.25. The lowest BCUT2D eigenvalue weighted by Gasteiger charge is -2.29. The first-order valence-corrected chi connectivity index (χ1v) is 8.38. The molecule has 23 heavy (non-hydrogen) atoms. The summed E-state index contributed by atoms with van der Waals surface area (Å²) in [5.74, 6) is 0.646. The SMILES string of the molecule is CC(C)N(C)C(=O)C1CSCN1C(=O)c1ccc([N+](=O)[O-])cc1. The van der Waals surface area contributed by atoms with Crippen LogP contribution in [0, 0.1) is 10.1 Å². The van der Waals surface area contributed by atoms with Gasteiger partial charge in [0.15, 0.2) is 0 Å². The quantitative estimate of drug-likeness (QED) is 0.619. The van der Waals surface area contributed by atoms with Gasteiger partial charge in [0.1, 0.15) is 6.04 Å². The van der Waals surface area contributed by atoms with E-state index in [4.69, 9.17) is 0 Å². The highest BCUT2D eigenvalue weighted by atomic mass is 32.2. The van der Waals surface area contributed by atoms with Crippen molar-refractivity contribution in [2.24, 2.45) is 0 Å². The minimum atomic E-state index is -0.510. The lowest BCUT2D eigenvalue weighted by molar-refractivity contribution is -0.384. The molecule has 0 bridgehead atoms. The monoisotopic (exact) mass is 337 g/mol. The van der Waals surface area contributed by atoms with Crippen LogP contribution in [0.15, 0.2) is 24.3 Å². The van der Waals surface area contributed by atoms with E-state index in [0.717, 1.165) is 0 Å². The lowest BCUT2D eigenvalue weighted by Crippen LogP contribution is -2.49. The van der Waals surface area contributed by atoms with Gasteiger partial charge in [-0.05, 0) is 26.0 Å². The minimum Gasteiger partial charge on any atom is -0.342 e. The van der Waals surface area contributed by atoms with E-state index in [-0.39, 0.29) is 23.5 Å². The largest absolute Gasteiger partial charge is 0.342 e. The molecule has 7 nitrogen and oxygen atoms in total. The first kappa shape index (κ1) is 17.3. The zero-order chi connectivity index (χ0) is 17.1. The van der Waals surface area contributed by atoms with Crippen molar-refractivity contribution in [3.8, 4) is 0 Å². The second-order valence-corrected chi connectivity index (χ2v) is 6.64. The summed E-state index contributed by atoms with van der Waals surface area (Å²) < 4.78 is 0. The summed E-state index contributed by atoms with van der Waals surface area (Å²) in [5.41, 5.74) is 0.285. The van der Waals surface area contributed by atoms with E-state index in [1.165, 1.54) is 40.9 Å². The van der Waals surface area contributed by atoms with Crippen LogP contribution < -0.4 is 0 Å². The lowest BCUT2D eigenvalue weighted by atomic mass is 10.1. The van der Waals surface area contributed by atoms with Crippen LogP contribution in [0.2, 0.25) is 0 Å². The number of benzene rings is 1. The van der Waals surface area contributed by atoms with Gasteiger partial charge >= 0.3 is 0 Å². The highest BCUT2D eigenvalue weighted by molar-refractivity contribution is 7.99. The summed E-state index contributed by atoms with van der Waals surface area (Å²) in [4.78, 5) is 38.4. The average molecular weight is 337 g/mol. The highest BCUT2D eigenvalue weighted by Crippen LogP contribution is 2.25. The van der Waals surface area contributed by atoms with Gasteiger partial charge in [-0.25, -0.2) is 0 Å². The number of hydrogen-bond donors (Lipinski definition) is 0.